The van der Waals surface area contributed by atoms with Crippen molar-refractivity contribution >= 4 is 11.6 Å². The second-order valence-corrected chi connectivity index (χ2v) is 1.49. The number of terminal acetylenes is 1. The fraction of sp³-hybridized carbons (Fsp3) is 0.333. The molecule has 0 aromatic rings. The van der Waals surface area contributed by atoms with Gasteiger partial charge in [0.15, 0.2) is 0 Å². The number of hydrogen-bond donors (Lipinski definition) is 0. The molecule has 0 rings (SSSR count). The summed E-state index contributed by atoms with van der Waals surface area (Å²) in [6, 6.07) is 0. The average molecular weight is 115 g/mol. The van der Waals surface area contributed by atoms with Gasteiger partial charge >= 0.3 is 0 Å². The van der Waals surface area contributed by atoms with Gasteiger partial charge < -0.3 is 0 Å². The average Bonchev–Trinajstić information content (AvgIpc) is 1.68. The van der Waals surface area contributed by atoms with Crippen LogP contribution in [0.5, 0.6) is 0 Å². The Morgan fingerprint density at radius 3 is 2.71 bits per heavy atom. The van der Waals surface area contributed by atoms with Crippen LogP contribution in [0.3, 0.4) is 0 Å². The smallest absolute Gasteiger partial charge is 0.0415 e. The zero-order chi connectivity index (χ0) is 5.70. The molecule has 0 amide bonds. The predicted molar refractivity (Wildman–Crippen MR) is 33.3 cm³/mol. The molecule has 0 aliphatic heterocycles. The number of alkyl halides is 1. The van der Waals surface area contributed by atoms with Crippen LogP contribution in [0.25, 0.3) is 0 Å². The number of halogens is 1. The molecule has 0 saturated heterocycles. The largest absolute Gasteiger partial charge is 0.122 e. The van der Waals surface area contributed by atoms with Crippen molar-refractivity contribution in [3.8, 4) is 12.3 Å². The van der Waals surface area contributed by atoms with Gasteiger partial charge in [-0.05, 0) is 12.5 Å². The minimum absolute atomic E-state index is 0.510. The highest BCUT2D eigenvalue weighted by molar-refractivity contribution is 6.18. The molecule has 0 saturated carbocycles. The van der Waals surface area contributed by atoms with Crippen LogP contribution in [0.1, 0.15) is 6.92 Å². The molecule has 0 N–H and O–H groups in total. The van der Waals surface area contributed by atoms with Gasteiger partial charge in [-0.1, -0.05) is 12.0 Å². The van der Waals surface area contributed by atoms with Gasteiger partial charge in [-0.2, -0.15) is 0 Å². The van der Waals surface area contributed by atoms with Gasteiger partial charge in [-0.15, -0.1) is 18.0 Å². The topological polar surface area (TPSA) is 0 Å². The summed E-state index contributed by atoms with van der Waals surface area (Å²) in [6.45, 7) is 1.85. The van der Waals surface area contributed by atoms with E-state index < -0.39 is 0 Å². The third-order valence-corrected chi connectivity index (χ3v) is 0.765. The Bertz CT molecular complexity index is 106. The van der Waals surface area contributed by atoms with Crippen molar-refractivity contribution in [2.45, 2.75) is 6.92 Å². The molecular formula is C6H7Cl. The maximum atomic E-state index is 5.30. The highest BCUT2D eigenvalue weighted by Crippen LogP contribution is 1.88. The molecule has 0 aliphatic rings. The van der Waals surface area contributed by atoms with E-state index in [0.29, 0.717) is 5.88 Å². The fourth-order valence-electron chi connectivity index (χ4n) is 0.175. The van der Waals surface area contributed by atoms with Gasteiger partial charge in [0, 0.05) is 5.88 Å². The van der Waals surface area contributed by atoms with Gasteiger partial charge in [-0.25, -0.2) is 0 Å². The second kappa shape index (κ2) is 3.77. The summed E-state index contributed by atoms with van der Waals surface area (Å²) in [6.07, 6.45) is 6.77. The summed E-state index contributed by atoms with van der Waals surface area (Å²) in [5.74, 6) is 2.95. The van der Waals surface area contributed by atoms with E-state index in [-0.39, 0.29) is 0 Å². The van der Waals surface area contributed by atoms with Crippen molar-refractivity contribution in [1.29, 1.82) is 0 Å². The summed E-state index contributed by atoms with van der Waals surface area (Å²) < 4.78 is 0. The Morgan fingerprint density at radius 2 is 2.57 bits per heavy atom. The molecule has 0 fully saturated rings. The van der Waals surface area contributed by atoms with E-state index in [1.165, 1.54) is 0 Å². The van der Waals surface area contributed by atoms with Gasteiger partial charge in [0.05, 0.1) is 0 Å². The number of rotatable bonds is 1. The SMILES string of the molecule is C#CC(C)=CCCl. The molecule has 0 aromatic heterocycles. The predicted octanol–water partition coefficient (Wildman–Crippen LogP) is 1.80. The lowest BCUT2D eigenvalue weighted by Gasteiger charge is -1.78. The Balaban J connectivity index is 3.57. The van der Waals surface area contributed by atoms with E-state index in [9.17, 15) is 0 Å². The molecule has 0 unspecified atom stereocenters. The molecule has 0 radical (unpaired) electrons. The fourth-order valence-corrected chi connectivity index (χ4v) is 0.406. The lowest BCUT2D eigenvalue weighted by molar-refractivity contribution is 1.53. The van der Waals surface area contributed by atoms with E-state index in [2.05, 4.69) is 5.92 Å². The van der Waals surface area contributed by atoms with Crippen molar-refractivity contribution in [2.75, 3.05) is 5.88 Å². The van der Waals surface area contributed by atoms with Crippen molar-refractivity contribution < 1.29 is 0 Å². The first-order valence-corrected chi connectivity index (χ1v) is 2.54. The van der Waals surface area contributed by atoms with E-state index in [1.807, 2.05) is 6.92 Å². The summed E-state index contributed by atoms with van der Waals surface area (Å²) in [4.78, 5) is 0. The number of hydrogen-bond acceptors (Lipinski definition) is 0. The molecule has 0 aromatic carbocycles. The van der Waals surface area contributed by atoms with Crippen molar-refractivity contribution in [3.05, 3.63) is 11.6 Å². The first-order chi connectivity index (χ1) is 3.31. The maximum Gasteiger partial charge on any atom is 0.0415 e. The summed E-state index contributed by atoms with van der Waals surface area (Å²) >= 11 is 5.30. The standard InChI is InChI=1S/C6H7Cl/c1-3-6(2)4-5-7/h1,4H,5H2,2H3. The van der Waals surface area contributed by atoms with Crippen LogP contribution in [0, 0.1) is 12.3 Å². The van der Waals surface area contributed by atoms with Gasteiger partial charge in [0.1, 0.15) is 0 Å². The Labute approximate surface area is 49.2 Å². The van der Waals surface area contributed by atoms with E-state index >= 15 is 0 Å². The lowest BCUT2D eigenvalue weighted by Crippen LogP contribution is -1.66. The molecule has 7 heavy (non-hydrogen) atoms. The van der Waals surface area contributed by atoms with Crippen molar-refractivity contribution in [1.82, 2.24) is 0 Å². The van der Waals surface area contributed by atoms with Crippen LogP contribution in [-0.4, -0.2) is 5.88 Å². The zero-order valence-electron chi connectivity index (χ0n) is 4.24. The van der Waals surface area contributed by atoms with Crippen molar-refractivity contribution in [2.24, 2.45) is 0 Å². The minimum atomic E-state index is 0.510. The minimum Gasteiger partial charge on any atom is -0.122 e. The highest BCUT2D eigenvalue weighted by atomic mass is 35.5. The first-order valence-electron chi connectivity index (χ1n) is 2.00. The van der Waals surface area contributed by atoms with Crippen LogP contribution in [0.4, 0.5) is 0 Å². The van der Waals surface area contributed by atoms with Gasteiger partial charge in [-0.3, -0.25) is 0 Å². The molecule has 0 spiro atoms. The lowest BCUT2D eigenvalue weighted by atomic mass is 10.3. The van der Waals surface area contributed by atoms with E-state index in [4.69, 9.17) is 18.0 Å². The van der Waals surface area contributed by atoms with Crippen LogP contribution in [0.2, 0.25) is 0 Å². The summed E-state index contributed by atoms with van der Waals surface area (Å²) in [5.41, 5.74) is 0.898. The van der Waals surface area contributed by atoms with Crippen LogP contribution in [0.15, 0.2) is 11.6 Å². The Kier molecular flexibility index (Phi) is 3.55. The first kappa shape index (κ1) is 6.59. The normalized spacial score (nSPS) is 10.7. The van der Waals surface area contributed by atoms with Crippen LogP contribution in [-0.2, 0) is 0 Å². The quantitative estimate of drug-likeness (QED) is 0.360. The molecule has 0 heterocycles. The molecule has 0 aliphatic carbocycles. The third kappa shape index (κ3) is 3.42. The van der Waals surface area contributed by atoms with E-state index in [1.54, 1.807) is 6.08 Å². The molecule has 0 bridgehead atoms. The summed E-state index contributed by atoms with van der Waals surface area (Å²) in [7, 11) is 0. The van der Waals surface area contributed by atoms with Crippen molar-refractivity contribution in [3.63, 3.8) is 0 Å². The Morgan fingerprint density at radius 1 is 2.00 bits per heavy atom. The monoisotopic (exact) mass is 114 g/mol. The maximum absolute atomic E-state index is 5.30. The highest BCUT2D eigenvalue weighted by Gasteiger charge is 1.73. The Hall–Kier alpha value is -0.410. The molecular weight excluding hydrogens is 108 g/mol. The second-order valence-electron chi connectivity index (χ2n) is 1.19. The number of allylic oxidation sites excluding steroid dienone is 2. The molecule has 0 atom stereocenters. The van der Waals surface area contributed by atoms with E-state index in [0.717, 1.165) is 5.57 Å². The molecule has 1 heteroatoms. The third-order valence-electron chi connectivity index (χ3n) is 0.611. The van der Waals surface area contributed by atoms with Gasteiger partial charge in [0.25, 0.3) is 0 Å². The van der Waals surface area contributed by atoms with Crippen LogP contribution < -0.4 is 0 Å². The summed E-state index contributed by atoms with van der Waals surface area (Å²) in [5, 5.41) is 0. The van der Waals surface area contributed by atoms with Gasteiger partial charge in [0.2, 0.25) is 0 Å². The zero-order valence-corrected chi connectivity index (χ0v) is 5.00. The molecule has 0 nitrogen and oxygen atoms in total. The van der Waals surface area contributed by atoms with Crippen LogP contribution >= 0.6 is 11.6 Å². The molecule has 38 valence electrons.